The SMILES string of the molecule is CN=C(NCc1ccc(C)cc1OCCCOC)NC[C@H]1CCCN1S(C)(=O)=O.I. The molecule has 1 fully saturated rings. The van der Waals surface area contributed by atoms with Crippen molar-refractivity contribution in [1.82, 2.24) is 14.9 Å². The zero-order valence-corrected chi connectivity index (χ0v) is 21.5. The van der Waals surface area contributed by atoms with Crippen LogP contribution in [0.25, 0.3) is 0 Å². The van der Waals surface area contributed by atoms with Crippen LogP contribution in [0, 0.1) is 6.92 Å². The lowest BCUT2D eigenvalue weighted by molar-refractivity contribution is 0.171. The first-order valence-corrected chi connectivity index (χ1v) is 11.8. The molecule has 8 nitrogen and oxygen atoms in total. The molecule has 0 spiro atoms. The zero-order chi connectivity index (χ0) is 21.3. The standard InChI is InChI=1S/C20H34N4O4S.HI/c1-16-8-9-17(19(13-16)28-12-6-11-27-3)14-22-20(21-2)23-15-18-7-5-10-24(18)29(4,25)26;/h8-9,13,18H,5-7,10-12,14-15H2,1-4H3,(H2,21,22,23);1H/t18-;/m1./s1. The second kappa shape index (κ2) is 13.3. The summed E-state index contributed by atoms with van der Waals surface area (Å²) in [6.45, 7) is 4.97. The summed E-state index contributed by atoms with van der Waals surface area (Å²) in [6.07, 6.45) is 3.84. The summed E-state index contributed by atoms with van der Waals surface area (Å²) in [5, 5.41) is 6.54. The molecule has 0 saturated carbocycles. The number of hydrogen-bond donors (Lipinski definition) is 2. The van der Waals surface area contributed by atoms with Crippen LogP contribution in [0.15, 0.2) is 23.2 Å². The van der Waals surface area contributed by atoms with Crippen molar-refractivity contribution in [2.75, 3.05) is 46.7 Å². The number of aryl methyl sites for hydroxylation is 1. The van der Waals surface area contributed by atoms with Crippen LogP contribution in [0.1, 0.15) is 30.4 Å². The van der Waals surface area contributed by atoms with Gasteiger partial charge in [0.15, 0.2) is 5.96 Å². The number of rotatable bonds is 10. The van der Waals surface area contributed by atoms with Gasteiger partial charge in [-0.1, -0.05) is 12.1 Å². The van der Waals surface area contributed by atoms with E-state index in [9.17, 15) is 8.42 Å². The van der Waals surface area contributed by atoms with Crippen molar-refractivity contribution in [3.63, 3.8) is 0 Å². The molecule has 1 aromatic rings. The smallest absolute Gasteiger partial charge is 0.211 e. The summed E-state index contributed by atoms with van der Waals surface area (Å²) in [5.74, 6) is 1.49. The van der Waals surface area contributed by atoms with Crippen molar-refractivity contribution >= 4 is 40.0 Å². The number of sulfonamides is 1. The minimum absolute atomic E-state index is 0. The molecule has 1 atom stereocenters. The molecule has 10 heteroatoms. The first kappa shape index (κ1) is 26.9. The van der Waals surface area contributed by atoms with Crippen LogP contribution in [0.4, 0.5) is 0 Å². The molecule has 0 aromatic heterocycles. The fourth-order valence-electron chi connectivity index (χ4n) is 3.39. The summed E-state index contributed by atoms with van der Waals surface area (Å²) in [7, 11) is 0.209. The Hall–Kier alpha value is -1.11. The molecular weight excluding hydrogens is 519 g/mol. The van der Waals surface area contributed by atoms with Crippen LogP contribution in [0.5, 0.6) is 5.75 Å². The number of nitrogens with one attached hydrogen (secondary N) is 2. The first-order valence-electron chi connectivity index (χ1n) is 9.97. The van der Waals surface area contributed by atoms with Gasteiger partial charge in [0.25, 0.3) is 0 Å². The Balaban J connectivity index is 0.00000450. The van der Waals surface area contributed by atoms with Crippen LogP contribution in [0.2, 0.25) is 0 Å². The molecule has 0 aliphatic carbocycles. The number of ether oxygens (including phenoxy) is 2. The highest BCUT2D eigenvalue weighted by molar-refractivity contribution is 14.0. The van der Waals surface area contributed by atoms with E-state index in [0.29, 0.717) is 38.8 Å². The van der Waals surface area contributed by atoms with Crippen molar-refractivity contribution in [1.29, 1.82) is 0 Å². The second-order valence-electron chi connectivity index (χ2n) is 7.28. The molecule has 172 valence electrons. The average Bonchev–Trinajstić information content (AvgIpc) is 3.16. The number of nitrogens with zero attached hydrogens (tertiary/aromatic N) is 2. The van der Waals surface area contributed by atoms with Gasteiger partial charge >= 0.3 is 0 Å². The average molecular weight is 554 g/mol. The van der Waals surface area contributed by atoms with Crippen LogP contribution in [-0.4, -0.2) is 71.4 Å². The molecule has 2 rings (SSSR count). The third-order valence-corrected chi connectivity index (χ3v) is 6.23. The summed E-state index contributed by atoms with van der Waals surface area (Å²) in [6, 6.07) is 6.09. The van der Waals surface area contributed by atoms with E-state index in [2.05, 4.69) is 21.7 Å². The summed E-state index contributed by atoms with van der Waals surface area (Å²) >= 11 is 0. The Kier molecular flexibility index (Phi) is 12.0. The molecule has 1 saturated heterocycles. The van der Waals surface area contributed by atoms with Gasteiger partial charge < -0.3 is 20.1 Å². The highest BCUT2D eigenvalue weighted by atomic mass is 127. The Morgan fingerprint density at radius 3 is 2.73 bits per heavy atom. The van der Waals surface area contributed by atoms with Gasteiger partial charge in [0, 0.05) is 58.4 Å². The van der Waals surface area contributed by atoms with Gasteiger partial charge in [0.1, 0.15) is 5.75 Å². The largest absolute Gasteiger partial charge is 0.493 e. The summed E-state index contributed by atoms with van der Waals surface area (Å²) < 4.78 is 36.3. The molecule has 1 aliphatic rings. The predicted octanol–water partition coefficient (Wildman–Crippen LogP) is 2.12. The highest BCUT2D eigenvalue weighted by Crippen LogP contribution is 2.21. The number of halogens is 1. The first-order chi connectivity index (χ1) is 13.8. The van der Waals surface area contributed by atoms with Crippen LogP contribution < -0.4 is 15.4 Å². The maximum absolute atomic E-state index is 11.9. The second-order valence-corrected chi connectivity index (χ2v) is 9.22. The maximum Gasteiger partial charge on any atom is 0.211 e. The van der Waals surface area contributed by atoms with E-state index in [1.165, 1.54) is 6.26 Å². The molecule has 0 bridgehead atoms. The van der Waals surface area contributed by atoms with Gasteiger partial charge in [-0.15, -0.1) is 24.0 Å². The van der Waals surface area contributed by atoms with Gasteiger partial charge in [0.05, 0.1) is 12.9 Å². The van der Waals surface area contributed by atoms with Crippen LogP contribution in [0.3, 0.4) is 0 Å². The van der Waals surface area contributed by atoms with E-state index in [0.717, 1.165) is 36.1 Å². The lowest BCUT2D eigenvalue weighted by atomic mass is 10.1. The number of guanidine groups is 1. The van der Waals surface area contributed by atoms with Crippen molar-refractivity contribution in [3.8, 4) is 5.75 Å². The monoisotopic (exact) mass is 554 g/mol. The minimum atomic E-state index is -3.18. The summed E-state index contributed by atoms with van der Waals surface area (Å²) in [4.78, 5) is 4.25. The molecular formula is C20H35IN4O4S. The van der Waals surface area contributed by atoms with E-state index in [-0.39, 0.29) is 30.0 Å². The van der Waals surface area contributed by atoms with Gasteiger partial charge in [-0.3, -0.25) is 4.99 Å². The van der Waals surface area contributed by atoms with Crippen molar-refractivity contribution in [2.24, 2.45) is 4.99 Å². The van der Waals surface area contributed by atoms with Crippen molar-refractivity contribution in [3.05, 3.63) is 29.3 Å². The Morgan fingerprint density at radius 2 is 2.07 bits per heavy atom. The normalized spacial score (nSPS) is 17.5. The zero-order valence-electron chi connectivity index (χ0n) is 18.3. The molecule has 30 heavy (non-hydrogen) atoms. The van der Waals surface area contributed by atoms with E-state index in [1.807, 2.05) is 19.1 Å². The third-order valence-electron chi connectivity index (χ3n) is 4.90. The minimum Gasteiger partial charge on any atom is -0.493 e. The van der Waals surface area contributed by atoms with E-state index >= 15 is 0 Å². The van der Waals surface area contributed by atoms with Gasteiger partial charge in [-0.2, -0.15) is 4.31 Å². The highest BCUT2D eigenvalue weighted by Gasteiger charge is 2.31. The lowest BCUT2D eigenvalue weighted by Crippen LogP contribution is -2.46. The van der Waals surface area contributed by atoms with Gasteiger partial charge in [0.2, 0.25) is 10.0 Å². The molecule has 0 amide bonds. The summed E-state index contributed by atoms with van der Waals surface area (Å²) in [5.41, 5.74) is 2.18. The van der Waals surface area contributed by atoms with Crippen molar-refractivity contribution in [2.45, 2.75) is 38.8 Å². The topological polar surface area (TPSA) is 92.3 Å². The Bertz CT molecular complexity index is 789. The van der Waals surface area contributed by atoms with Crippen LogP contribution >= 0.6 is 24.0 Å². The molecule has 1 heterocycles. The number of benzene rings is 1. The number of methoxy groups -OCH3 is 1. The molecule has 0 radical (unpaired) electrons. The molecule has 0 unspecified atom stereocenters. The quantitative estimate of drug-likeness (QED) is 0.199. The molecule has 2 N–H and O–H groups in total. The van der Waals surface area contributed by atoms with Crippen LogP contribution in [-0.2, 0) is 21.3 Å². The number of hydrogen-bond acceptors (Lipinski definition) is 5. The van der Waals surface area contributed by atoms with Gasteiger partial charge in [-0.05, 0) is 31.4 Å². The van der Waals surface area contributed by atoms with E-state index in [4.69, 9.17) is 9.47 Å². The number of aliphatic imine (C=N–C) groups is 1. The Labute approximate surface area is 197 Å². The molecule has 1 aromatic carbocycles. The fourth-order valence-corrected chi connectivity index (χ4v) is 4.57. The molecule has 1 aliphatic heterocycles. The fraction of sp³-hybridized carbons (Fsp3) is 0.650. The third kappa shape index (κ3) is 8.56. The van der Waals surface area contributed by atoms with E-state index in [1.54, 1.807) is 18.5 Å². The van der Waals surface area contributed by atoms with E-state index < -0.39 is 10.0 Å². The van der Waals surface area contributed by atoms with Gasteiger partial charge in [-0.25, -0.2) is 8.42 Å². The van der Waals surface area contributed by atoms with Crippen molar-refractivity contribution < 1.29 is 17.9 Å². The Morgan fingerprint density at radius 1 is 1.30 bits per heavy atom. The predicted molar refractivity (Wildman–Crippen MR) is 131 cm³/mol. The maximum atomic E-state index is 11.9. The lowest BCUT2D eigenvalue weighted by Gasteiger charge is -2.23.